The zero-order chi connectivity index (χ0) is 14.7. The number of piperazine rings is 1. The third-order valence-corrected chi connectivity index (χ3v) is 3.60. The second-order valence-corrected chi connectivity index (χ2v) is 4.81. The van der Waals surface area contributed by atoms with Crippen LogP contribution >= 0.6 is 0 Å². The number of amides is 1. The quantitative estimate of drug-likeness (QED) is 0.903. The van der Waals surface area contributed by atoms with Crippen LogP contribution in [0.25, 0.3) is 0 Å². The summed E-state index contributed by atoms with van der Waals surface area (Å²) in [5.74, 6) is 1.04. The number of carbonyl (C=O) groups excluding carboxylic acids is 1. The first-order chi connectivity index (χ1) is 10.3. The van der Waals surface area contributed by atoms with Crippen molar-refractivity contribution in [2.45, 2.75) is 0 Å². The van der Waals surface area contributed by atoms with Gasteiger partial charge in [-0.2, -0.15) is 5.10 Å². The predicted molar refractivity (Wildman–Crippen MR) is 77.5 cm³/mol. The van der Waals surface area contributed by atoms with Crippen LogP contribution in [0, 0.1) is 0 Å². The Morgan fingerprint density at radius 3 is 2.76 bits per heavy atom. The number of hydrogen-bond donors (Lipinski definition) is 1. The van der Waals surface area contributed by atoms with E-state index in [1.807, 2.05) is 18.2 Å². The van der Waals surface area contributed by atoms with Crippen LogP contribution in [-0.2, 0) is 0 Å². The van der Waals surface area contributed by atoms with Crippen molar-refractivity contribution in [1.29, 1.82) is 0 Å². The molecule has 0 atom stereocenters. The van der Waals surface area contributed by atoms with E-state index < -0.39 is 0 Å². The maximum Gasteiger partial charge on any atom is 0.291 e. The molecule has 0 saturated carbocycles. The normalized spacial score (nSPS) is 15.1. The third-order valence-electron chi connectivity index (χ3n) is 3.60. The highest BCUT2D eigenvalue weighted by atomic mass is 16.5. The van der Waals surface area contributed by atoms with Crippen molar-refractivity contribution in [2.75, 3.05) is 38.2 Å². The lowest BCUT2D eigenvalue weighted by molar-refractivity contribution is 0.0735. The minimum Gasteiger partial charge on any atom is -0.497 e. The average molecular weight is 287 g/mol. The largest absolute Gasteiger partial charge is 0.497 e. The molecule has 1 N–H and O–H groups in total. The Morgan fingerprint density at radius 2 is 2.10 bits per heavy atom. The number of methoxy groups -OCH3 is 1. The molecule has 1 saturated heterocycles. The van der Waals surface area contributed by atoms with Crippen LogP contribution in [0.5, 0.6) is 5.75 Å². The second kappa shape index (κ2) is 5.82. The van der Waals surface area contributed by atoms with E-state index in [1.165, 1.54) is 6.33 Å². The monoisotopic (exact) mass is 287 g/mol. The van der Waals surface area contributed by atoms with E-state index in [1.54, 1.807) is 12.0 Å². The van der Waals surface area contributed by atoms with Gasteiger partial charge in [0, 0.05) is 37.9 Å². The first-order valence-electron chi connectivity index (χ1n) is 6.81. The molecule has 21 heavy (non-hydrogen) atoms. The van der Waals surface area contributed by atoms with E-state index in [4.69, 9.17) is 4.74 Å². The Kier molecular flexibility index (Phi) is 3.72. The van der Waals surface area contributed by atoms with Gasteiger partial charge < -0.3 is 14.5 Å². The first kappa shape index (κ1) is 13.4. The molecule has 1 aromatic heterocycles. The molecule has 1 aromatic carbocycles. The molecule has 1 fully saturated rings. The molecule has 1 aliphatic heterocycles. The Balaban J connectivity index is 1.63. The summed E-state index contributed by atoms with van der Waals surface area (Å²) in [6, 6.07) is 7.96. The lowest BCUT2D eigenvalue weighted by atomic mass is 10.2. The molecule has 0 radical (unpaired) electrons. The molecule has 0 bridgehead atoms. The molecule has 7 heteroatoms. The Hall–Kier alpha value is -2.57. The van der Waals surface area contributed by atoms with E-state index in [9.17, 15) is 4.79 Å². The molecule has 110 valence electrons. The van der Waals surface area contributed by atoms with E-state index in [0.717, 1.165) is 24.5 Å². The van der Waals surface area contributed by atoms with Gasteiger partial charge in [-0.05, 0) is 12.1 Å². The van der Waals surface area contributed by atoms with E-state index in [0.29, 0.717) is 18.9 Å². The highest BCUT2D eigenvalue weighted by Gasteiger charge is 2.23. The van der Waals surface area contributed by atoms with Gasteiger partial charge >= 0.3 is 0 Å². The third kappa shape index (κ3) is 2.81. The molecular weight excluding hydrogens is 270 g/mol. The number of carbonyl (C=O) groups is 1. The number of nitrogens with zero attached hydrogens (tertiary/aromatic N) is 4. The average Bonchev–Trinajstić information content (AvgIpc) is 3.09. The molecule has 3 rings (SSSR count). The van der Waals surface area contributed by atoms with Gasteiger partial charge in [-0.15, -0.1) is 0 Å². The van der Waals surface area contributed by atoms with E-state index in [2.05, 4.69) is 26.1 Å². The Morgan fingerprint density at radius 1 is 1.29 bits per heavy atom. The fraction of sp³-hybridized carbons (Fsp3) is 0.357. The number of hydrogen-bond acceptors (Lipinski definition) is 5. The molecule has 7 nitrogen and oxygen atoms in total. The van der Waals surface area contributed by atoms with Crippen molar-refractivity contribution in [3.05, 3.63) is 36.4 Å². The number of ether oxygens (including phenoxy) is 1. The van der Waals surface area contributed by atoms with Gasteiger partial charge in [0.1, 0.15) is 12.1 Å². The smallest absolute Gasteiger partial charge is 0.291 e. The zero-order valence-corrected chi connectivity index (χ0v) is 11.8. The van der Waals surface area contributed by atoms with Crippen molar-refractivity contribution in [3.8, 4) is 5.75 Å². The Bertz CT molecular complexity index is 606. The van der Waals surface area contributed by atoms with Crippen molar-refractivity contribution >= 4 is 11.6 Å². The molecule has 1 aliphatic rings. The summed E-state index contributed by atoms with van der Waals surface area (Å²) < 4.78 is 5.24. The Labute approximate surface area is 122 Å². The molecule has 2 heterocycles. The van der Waals surface area contributed by atoms with E-state index in [-0.39, 0.29) is 5.91 Å². The van der Waals surface area contributed by atoms with Gasteiger partial charge in [-0.3, -0.25) is 9.89 Å². The van der Waals surface area contributed by atoms with Crippen LogP contribution in [-0.4, -0.2) is 59.3 Å². The number of H-pyrrole nitrogens is 1. The highest BCUT2D eigenvalue weighted by Crippen LogP contribution is 2.22. The summed E-state index contributed by atoms with van der Waals surface area (Å²) in [7, 11) is 1.66. The fourth-order valence-electron chi connectivity index (χ4n) is 2.43. The lowest BCUT2D eigenvalue weighted by Crippen LogP contribution is -2.49. The summed E-state index contributed by atoms with van der Waals surface area (Å²) in [6.07, 6.45) is 1.35. The second-order valence-electron chi connectivity index (χ2n) is 4.81. The number of anilines is 1. The SMILES string of the molecule is COc1cccc(N2CCN(C(=O)c3ncn[nH]3)CC2)c1. The molecule has 0 aliphatic carbocycles. The first-order valence-corrected chi connectivity index (χ1v) is 6.81. The maximum absolute atomic E-state index is 12.2. The van der Waals surface area contributed by atoms with Gasteiger partial charge in [0.15, 0.2) is 0 Å². The van der Waals surface area contributed by atoms with E-state index >= 15 is 0 Å². The predicted octanol–water partition coefficient (Wildman–Crippen LogP) is 0.776. The van der Waals surface area contributed by atoms with Crippen LogP contribution in [0.2, 0.25) is 0 Å². The topological polar surface area (TPSA) is 74.3 Å². The van der Waals surface area contributed by atoms with Crippen LogP contribution in [0.4, 0.5) is 5.69 Å². The molecule has 2 aromatic rings. The lowest BCUT2D eigenvalue weighted by Gasteiger charge is -2.35. The van der Waals surface area contributed by atoms with Crippen molar-refractivity contribution in [1.82, 2.24) is 20.1 Å². The minimum absolute atomic E-state index is 0.0993. The number of benzene rings is 1. The maximum atomic E-state index is 12.2. The van der Waals surface area contributed by atoms with Crippen molar-refractivity contribution in [3.63, 3.8) is 0 Å². The number of aromatic nitrogens is 3. The van der Waals surface area contributed by atoms with Gasteiger partial charge in [-0.1, -0.05) is 6.07 Å². The van der Waals surface area contributed by atoms with Crippen LogP contribution in [0.15, 0.2) is 30.6 Å². The summed E-state index contributed by atoms with van der Waals surface area (Å²) in [4.78, 5) is 20.1. The summed E-state index contributed by atoms with van der Waals surface area (Å²) in [5.41, 5.74) is 1.11. The summed E-state index contributed by atoms with van der Waals surface area (Å²) in [5, 5.41) is 6.32. The zero-order valence-electron chi connectivity index (χ0n) is 11.8. The minimum atomic E-state index is -0.0993. The summed E-state index contributed by atoms with van der Waals surface area (Å²) >= 11 is 0. The van der Waals surface area contributed by atoms with Crippen LogP contribution in [0.3, 0.4) is 0 Å². The summed E-state index contributed by atoms with van der Waals surface area (Å²) in [6.45, 7) is 2.90. The molecule has 0 spiro atoms. The van der Waals surface area contributed by atoms with Crippen molar-refractivity contribution < 1.29 is 9.53 Å². The van der Waals surface area contributed by atoms with Gasteiger partial charge in [0.2, 0.25) is 5.82 Å². The van der Waals surface area contributed by atoms with Crippen LogP contribution < -0.4 is 9.64 Å². The molecule has 1 amide bonds. The highest BCUT2D eigenvalue weighted by molar-refractivity contribution is 5.90. The fourth-order valence-corrected chi connectivity index (χ4v) is 2.43. The van der Waals surface area contributed by atoms with Gasteiger partial charge in [-0.25, -0.2) is 4.98 Å². The van der Waals surface area contributed by atoms with Crippen molar-refractivity contribution in [2.24, 2.45) is 0 Å². The number of rotatable bonds is 3. The van der Waals surface area contributed by atoms with Crippen LogP contribution in [0.1, 0.15) is 10.6 Å². The number of nitrogens with one attached hydrogen (secondary N) is 1. The molecule has 0 unspecified atom stereocenters. The standard InChI is InChI=1S/C14H17N5O2/c1-21-12-4-2-3-11(9-12)18-5-7-19(8-6-18)14(20)13-15-10-16-17-13/h2-4,9-10H,5-8H2,1H3,(H,15,16,17). The number of aromatic amines is 1. The molecular formula is C14H17N5O2. The van der Waals surface area contributed by atoms with Gasteiger partial charge in [0.25, 0.3) is 5.91 Å². The van der Waals surface area contributed by atoms with Gasteiger partial charge in [0.05, 0.1) is 7.11 Å².